The number of fused-ring (bicyclic) bond motifs is 2. The van der Waals surface area contributed by atoms with Crippen LogP contribution in [0.4, 0.5) is 0 Å². The molecular weight excluding hydrogens is 232 g/mol. The van der Waals surface area contributed by atoms with Gasteiger partial charge in [0.2, 0.25) is 5.91 Å². The van der Waals surface area contributed by atoms with Crippen molar-refractivity contribution in [2.75, 3.05) is 7.05 Å². The van der Waals surface area contributed by atoms with E-state index in [1.165, 1.54) is 31.4 Å². The van der Waals surface area contributed by atoms with Crippen LogP contribution in [0.15, 0.2) is 5.38 Å². The van der Waals surface area contributed by atoms with Crippen LogP contribution < -0.4 is 5.32 Å². The lowest BCUT2D eigenvalue weighted by Gasteiger charge is -2.19. The molecule has 1 heterocycles. The largest absolute Gasteiger partial charge is 0.359 e. The van der Waals surface area contributed by atoms with Gasteiger partial charge in [-0.05, 0) is 31.1 Å². The van der Waals surface area contributed by atoms with Crippen LogP contribution in [0, 0.1) is 11.8 Å². The molecule has 0 aliphatic heterocycles. The molecule has 4 heteroatoms. The molecule has 2 aliphatic carbocycles. The van der Waals surface area contributed by atoms with Crippen LogP contribution in [0.3, 0.4) is 0 Å². The molecule has 2 aliphatic rings. The molecule has 2 saturated carbocycles. The Balaban J connectivity index is 1.70. The van der Waals surface area contributed by atoms with E-state index in [0.717, 1.165) is 16.8 Å². The highest BCUT2D eigenvalue weighted by Gasteiger charge is 2.41. The van der Waals surface area contributed by atoms with E-state index >= 15 is 0 Å². The summed E-state index contributed by atoms with van der Waals surface area (Å²) in [5.74, 6) is 2.56. The van der Waals surface area contributed by atoms with Gasteiger partial charge in [-0.2, -0.15) is 0 Å². The second-order valence-electron chi connectivity index (χ2n) is 5.30. The summed E-state index contributed by atoms with van der Waals surface area (Å²) in [4.78, 5) is 16.0. The third-order valence-corrected chi connectivity index (χ3v) is 5.15. The van der Waals surface area contributed by atoms with E-state index in [9.17, 15) is 4.79 Å². The molecule has 1 aromatic rings. The normalized spacial score (nSPS) is 30.8. The fourth-order valence-electron chi connectivity index (χ4n) is 3.41. The summed E-state index contributed by atoms with van der Waals surface area (Å²) in [5.41, 5.74) is 1.25. The molecule has 3 nitrogen and oxygen atoms in total. The van der Waals surface area contributed by atoms with Crippen molar-refractivity contribution in [2.24, 2.45) is 11.8 Å². The number of hydrogen-bond acceptors (Lipinski definition) is 3. The van der Waals surface area contributed by atoms with Crippen LogP contribution in [0.25, 0.3) is 0 Å². The van der Waals surface area contributed by atoms with Gasteiger partial charge in [-0.15, -0.1) is 11.3 Å². The fraction of sp³-hybridized carbons (Fsp3) is 0.692. The van der Waals surface area contributed by atoms with Crippen LogP contribution in [-0.2, 0) is 11.2 Å². The third-order valence-electron chi connectivity index (χ3n) is 4.28. The number of likely N-dealkylation sites (N-methyl/N-ethyl adjacent to an activating group) is 1. The van der Waals surface area contributed by atoms with Crippen molar-refractivity contribution in [3.63, 3.8) is 0 Å². The van der Waals surface area contributed by atoms with Crippen LogP contribution in [0.1, 0.15) is 42.3 Å². The van der Waals surface area contributed by atoms with E-state index in [4.69, 9.17) is 0 Å². The van der Waals surface area contributed by atoms with Crippen molar-refractivity contribution in [3.8, 4) is 0 Å². The van der Waals surface area contributed by atoms with Crippen LogP contribution in [0.5, 0.6) is 0 Å². The van der Waals surface area contributed by atoms with Gasteiger partial charge in [0.1, 0.15) is 5.01 Å². The summed E-state index contributed by atoms with van der Waals surface area (Å²) in [6.07, 6.45) is 5.98. The second kappa shape index (κ2) is 4.41. The number of nitrogens with zero attached hydrogens (tertiary/aromatic N) is 1. The number of carbonyl (C=O) groups is 1. The minimum atomic E-state index is 0.0545. The number of amides is 1. The minimum absolute atomic E-state index is 0.0545. The average Bonchev–Trinajstić information content (AvgIpc) is 3.03. The first-order valence-electron chi connectivity index (χ1n) is 6.41. The first-order chi connectivity index (χ1) is 8.26. The molecule has 3 rings (SSSR count). The van der Waals surface area contributed by atoms with Gasteiger partial charge in [0.25, 0.3) is 0 Å². The van der Waals surface area contributed by atoms with E-state index in [1.807, 2.05) is 0 Å². The van der Waals surface area contributed by atoms with E-state index in [2.05, 4.69) is 15.7 Å². The van der Waals surface area contributed by atoms with Gasteiger partial charge in [0, 0.05) is 18.3 Å². The molecule has 0 spiro atoms. The molecule has 0 saturated heterocycles. The standard InChI is InChI=1S/C13H18N2OS/c1-14-12(16)6-13-15-11(7-17-13)10-5-8-2-3-9(10)4-8/h7-10H,2-6H2,1H3,(H,14,16)/t8-,9-,10+/m0/s1. The van der Waals surface area contributed by atoms with Gasteiger partial charge < -0.3 is 5.32 Å². The smallest absolute Gasteiger partial charge is 0.226 e. The summed E-state index contributed by atoms with van der Waals surface area (Å²) >= 11 is 1.64. The predicted octanol–water partition coefficient (Wildman–Crippen LogP) is 2.34. The van der Waals surface area contributed by atoms with Crippen molar-refractivity contribution in [1.29, 1.82) is 0 Å². The molecule has 2 bridgehead atoms. The highest BCUT2D eigenvalue weighted by Crippen LogP contribution is 2.52. The SMILES string of the molecule is CNC(=O)Cc1nc([C@@H]2C[C@H]3CC[C@H]2C3)cs1. The zero-order chi connectivity index (χ0) is 11.8. The van der Waals surface area contributed by atoms with Gasteiger partial charge in [-0.1, -0.05) is 6.42 Å². The predicted molar refractivity (Wildman–Crippen MR) is 68.1 cm³/mol. The van der Waals surface area contributed by atoms with Crippen LogP contribution >= 0.6 is 11.3 Å². The quantitative estimate of drug-likeness (QED) is 0.894. The Labute approximate surface area is 106 Å². The second-order valence-corrected chi connectivity index (χ2v) is 6.24. The molecule has 92 valence electrons. The summed E-state index contributed by atoms with van der Waals surface area (Å²) < 4.78 is 0. The molecule has 17 heavy (non-hydrogen) atoms. The van der Waals surface area contributed by atoms with Gasteiger partial charge in [0.15, 0.2) is 0 Å². The Hall–Kier alpha value is -0.900. The lowest BCUT2D eigenvalue weighted by atomic mass is 9.87. The Morgan fingerprint density at radius 2 is 2.41 bits per heavy atom. The van der Waals surface area contributed by atoms with E-state index < -0.39 is 0 Å². The lowest BCUT2D eigenvalue weighted by molar-refractivity contribution is -0.119. The van der Waals surface area contributed by atoms with Crippen LogP contribution in [0.2, 0.25) is 0 Å². The first kappa shape index (κ1) is 11.2. The molecule has 2 fully saturated rings. The number of carbonyl (C=O) groups excluding carboxylic acids is 1. The number of aromatic nitrogens is 1. The maximum Gasteiger partial charge on any atom is 0.226 e. The van der Waals surface area contributed by atoms with E-state index in [0.29, 0.717) is 12.3 Å². The Morgan fingerprint density at radius 1 is 1.53 bits per heavy atom. The summed E-state index contributed by atoms with van der Waals surface area (Å²) in [7, 11) is 1.67. The Kier molecular flexibility index (Phi) is 2.90. The molecule has 0 unspecified atom stereocenters. The van der Waals surface area contributed by atoms with Gasteiger partial charge in [0.05, 0.1) is 12.1 Å². The third kappa shape index (κ3) is 2.10. The maximum absolute atomic E-state index is 11.3. The van der Waals surface area contributed by atoms with Crippen molar-refractivity contribution >= 4 is 17.2 Å². The van der Waals surface area contributed by atoms with Crippen molar-refractivity contribution in [3.05, 3.63) is 16.1 Å². The zero-order valence-electron chi connectivity index (χ0n) is 10.1. The van der Waals surface area contributed by atoms with Gasteiger partial charge >= 0.3 is 0 Å². The molecule has 3 atom stereocenters. The van der Waals surface area contributed by atoms with Crippen molar-refractivity contribution in [1.82, 2.24) is 10.3 Å². The van der Waals surface area contributed by atoms with E-state index in [1.54, 1.807) is 18.4 Å². The summed E-state index contributed by atoms with van der Waals surface area (Å²) in [6.45, 7) is 0. The number of rotatable bonds is 3. The first-order valence-corrected chi connectivity index (χ1v) is 7.29. The molecule has 1 aromatic heterocycles. The highest BCUT2D eigenvalue weighted by molar-refractivity contribution is 7.09. The molecular formula is C13H18N2OS. The monoisotopic (exact) mass is 250 g/mol. The lowest BCUT2D eigenvalue weighted by Crippen LogP contribution is -2.19. The molecule has 1 amide bonds. The molecule has 1 N–H and O–H groups in total. The molecule has 0 aromatic carbocycles. The van der Waals surface area contributed by atoms with Crippen LogP contribution in [-0.4, -0.2) is 17.9 Å². The maximum atomic E-state index is 11.3. The number of thiazole rings is 1. The Morgan fingerprint density at radius 3 is 3.06 bits per heavy atom. The number of hydrogen-bond donors (Lipinski definition) is 1. The fourth-order valence-corrected chi connectivity index (χ4v) is 4.27. The highest BCUT2D eigenvalue weighted by atomic mass is 32.1. The average molecular weight is 250 g/mol. The van der Waals surface area contributed by atoms with Gasteiger partial charge in [-0.3, -0.25) is 4.79 Å². The zero-order valence-corrected chi connectivity index (χ0v) is 10.9. The molecule has 0 radical (unpaired) electrons. The Bertz CT molecular complexity index is 429. The van der Waals surface area contributed by atoms with Crippen molar-refractivity contribution < 1.29 is 4.79 Å². The number of nitrogens with one attached hydrogen (secondary N) is 1. The topological polar surface area (TPSA) is 42.0 Å². The minimum Gasteiger partial charge on any atom is -0.359 e. The van der Waals surface area contributed by atoms with Crippen molar-refractivity contribution in [2.45, 2.75) is 38.0 Å². The van der Waals surface area contributed by atoms with Gasteiger partial charge in [-0.25, -0.2) is 4.98 Å². The van der Waals surface area contributed by atoms with E-state index in [-0.39, 0.29) is 5.91 Å². The summed E-state index contributed by atoms with van der Waals surface area (Å²) in [6, 6.07) is 0. The summed E-state index contributed by atoms with van der Waals surface area (Å²) in [5, 5.41) is 5.78.